The van der Waals surface area contributed by atoms with Crippen LogP contribution in [0.2, 0.25) is 0 Å². The van der Waals surface area contributed by atoms with Gasteiger partial charge < -0.3 is 32.6 Å². The molecule has 1 heterocycles. The third-order valence-corrected chi connectivity index (χ3v) is 8.32. The SMILES string of the molecule is CC.CC/C=C(\CCCCCN)NC(c1ccccc1)c1ccccc1.CC/C=C(\CCc1cccc(C)n1)NC(C)C(C)CC.CCC=O.CN.NC=O. The lowest BCUT2D eigenvalue weighted by atomic mass is 9.97. The lowest BCUT2D eigenvalue weighted by Crippen LogP contribution is -2.31. The number of carbonyl (C=O) groups is 2. The number of nitrogens with two attached hydrogens (primary N) is 3. The minimum absolute atomic E-state index is 0.194. The van der Waals surface area contributed by atoms with Crippen molar-refractivity contribution < 1.29 is 9.59 Å². The summed E-state index contributed by atoms with van der Waals surface area (Å²) in [5.74, 6) is 0.701. The Bertz CT molecular complexity index is 1290. The maximum absolute atomic E-state index is 9.17. The number of carbonyl (C=O) groups excluding carboxylic acids is 2. The Hall–Kier alpha value is -4.27. The predicted octanol–water partition coefficient (Wildman–Crippen LogP) is 10.1. The summed E-state index contributed by atoms with van der Waals surface area (Å²) >= 11 is 0. The van der Waals surface area contributed by atoms with E-state index in [4.69, 9.17) is 10.5 Å². The first-order chi connectivity index (χ1) is 26.7. The van der Waals surface area contributed by atoms with E-state index in [0.29, 0.717) is 18.4 Å². The van der Waals surface area contributed by atoms with E-state index in [1.165, 1.54) is 54.5 Å². The van der Waals surface area contributed by atoms with Crippen LogP contribution in [0.1, 0.15) is 142 Å². The van der Waals surface area contributed by atoms with Crippen molar-refractivity contribution in [3.63, 3.8) is 0 Å². The molecule has 1 aromatic heterocycles. The molecule has 0 aliphatic rings. The average molecular weight is 761 g/mol. The van der Waals surface area contributed by atoms with Crippen molar-refractivity contribution in [3.05, 3.63) is 125 Å². The number of rotatable bonds is 19. The maximum atomic E-state index is 9.17. The van der Waals surface area contributed by atoms with E-state index >= 15 is 0 Å². The van der Waals surface area contributed by atoms with Gasteiger partial charge in [-0.05, 0) is 102 Å². The molecule has 0 spiro atoms. The number of unbranched alkanes of at least 4 members (excludes halogenated alkanes) is 2. The number of aromatic nitrogens is 1. The molecule has 0 aliphatic carbocycles. The summed E-state index contributed by atoms with van der Waals surface area (Å²) < 4.78 is 0. The molecule has 8 heteroatoms. The van der Waals surface area contributed by atoms with Gasteiger partial charge in [-0.15, -0.1) is 0 Å². The van der Waals surface area contributed by atoms with E-state index in [1.807, 2.05) is 20.8 Å². The van der Waals surface area contributed by atoms with Crippen molar-refractivity contribution in [2.45, 2.75) is 139 Å². The molecule has 0 aliphatic heterocycles. The molecule has 0 radical (unpaired) electrons. The highest BCUT2D eigenvalue weighted by Gasteiger charge is 2.14. The third kappa shape index (κ3) is 29.7. The van der Waals surface area contributed by atoms with Crippen LogP contribution in [0.15, 0.2) is 102 Å². The Kier molecular flexibility index (Phi) is 41.0. The number of nitrogens with zero attached hydrogens (tertiary/aromatic N) is 1. The van der Waals surface area contributed by atoms with E-state index in [1.54, 1.807) is 0 Å². The quantitative estimate of drug-likeness (QED) is 0.0603. The molecule has 0 saturated heterocycles. The fourth-order valence-electron chi connectivity index (χ4n) is 5.22. The molecule has 2 atom stereocenters. The van der Waals surface area contributed by atoms with Crippen molar-refractivity contribution in [1.29, 1.82) is 0 Å². The summed E-state index contributed by atoms with van der Waals surface area (Å²) in [6, 6.07) is 28.4. The molecule has 3 rings (SSSR count). The first-order valence-electron chi connectivity index (χ1n) is 20.5. The van der Waals surface area contributed by atoms with Crippen molar-refractivity contribution in [1.82, 2.24) is 15.6 Å². The standard InChI is InChI=1S/C22H30N2.C18H30N2.C3H6O.C2H6.CH3NO.CH5N/c1-2-12-21(17-10-5-11-18-23)24-22(19-13-6-3-7-14-19)20-15-8-4-9-16-20;1-6-9-17(20-16(5)14(3)7-2)12-13-18-11-8-10-15(4)19-18;1-2-3-4;1-2;2-1-3;1-2/h3-4,6-9,12-16,22,24H,2,5,10-11,17-18,23H2,1H3;8-11,14,16,20H,6-7,12-13H2,1-5H3;3H,2H2,1H3;1-2H3;1H,(H2,2,3);2H2,1H3/b21-12+;17-9+;;;;. The van der Waals surface area contributed by atoms with E-state index in [2.05, 4.69) is 160 Å². The molecule has 3 aromatic rings. The molecule has 8 N–H and O–H groups in total. The largest absolute Gasteiger partial charge is 0.386 e. The fraction of sp³-hybridized carbons (Fsp3) is 0.511. The van der Waals surface area contributed by atoms with Gasteiger partial charge in [-0.1, -0.05) is 140 Å². The fourth-order valence-corrected chi connectivity index (χ4v) is 5.22. The topological polar surface area (TPSA) is 149 Å². The first kappa shape index (κ1) is 55.1. The summed E-state index contributed by atoms with van der Waals surface area (Å²) in [5, 5.41) is 7.48. The zero-order valence-electron chi connectivity index (χ0n) is 36.3. The van der Waals surface area contributed by atoms with Gasteiger partial charge in [0.2, 0.25) is 6.41 Å². The van der Waals surface area contributed by atoms with Crippen LogP contribution in [0.5, 0.6) is 0 Å². The van der Waals surface area contributed by atoms with Gasteiger partial charge in [0, 0.05) is 35.2 Å². The van der Waals surface area contributed by atoms with Crippen molar-refractivity contribution >= 4 is 12.7 Å². The number of allylic oxidation sites excluding steroid dienone is 4. The van der Waals surface area contributed by atoms with E-state index in [0.717, 1.165) is 57.0 Å². The van der Waals surface area contributed by atoms with Crippen molar-refractivity contribution in [3.8, 4) is 0 Å². The molecule has 2 aromatic carbocycles. The van der Waals surface area contributed by atoms with Crippen LogP contribution in [-0.4, -0.2) is 37.3 Å². The van der Waals surface area contributed by atoms with Gasteiger partial charge in [-0.25, -0.2) is 0 Å². The van der Waals surface area contributed by atoms with Gasteiger partial charge in [-0.3, -0.25) is 9.78 Å². The summed E-state index contributed by atoms with van der Waals surface area (Å²) in [6.07, 6.45) is 16.4. The predicted molar refractivity (Wildman–Crippen MR) is 240 cm³/mol. The Morgan fingerprint density at radius 3 is 1.62 bits per heavy atom. The van der Waals surface area contributed by atoms with Crippen LogP contribution in [0.4, 0.5) is 0 Å². The minimum Gasteiger partial charge on any atom is -0.386 e. The molecule has 8 nitrogen and oxygen atoms in total. The number of hydrogen-bond donors (Lipinski definition) is 5. The molecule has 1 amide bonds. The molecular weight excluding hydrogens is 681 g/mol. The smallest absolute Gasteiger partial charge is 0.204 e. The Morgan fingerprint density at radius 1 is 0.709 bits per heavy atom. The van der Waals surface area contributed by atoms with E-state index < -0.39 is 0 Å². The van der Waals surface area contributed by atoms with Gasteiger partial charge in [0.15, 0.2) is 0 Å². The highest BCUT2D eigenvalue weighted by atomic mass is 16.1. The highest BCUT2D eigenvalue weighted by molar-refractivity contribution is 5.48. The number of pyridine rings is 1. The second-order valence-corrected chi connectivity index (χ2v) is 12.6. The number of amides is 1. The zero-order valence-corrected chi connectivity index (χ0v) is 36.3. The number of nitrogens with one attached hydrogen (secondary N) is 2. The van der Waals surface area contributed by atoms with Crippen LogP contribution in [0, 0.1) is 12.8 Å². The van der Waals surface area contributed by atoms with Crippen molar-refractivity contribution in [2.24, 2.45) is 23.1 Å². The molecular formula is C47H80N6O2. The Balaban J connectivity index is -0.000000787. The molecule has 0 saturated carbocycles. The van der Waals surface area contributed by atoms with Gasteiger partial charge in [-0.2, -0.15) is 0 Å². The van der Waals surface area contributed by atoms with Crippen molar-refractivity contribution in [2.75, 3.05) is 13.6 Å². The lowest BCUT2D eigenvalue weighted by molar-refractivity contribution is -0.108. The molecule has 0 bridgehead atoms. The second-order valence-electron chi connectivity index (χ2n) is 12.6. The third-order valence-electron chi connectivity index (χ3n) is 8.32. The number of hydrogen-bond acceptors (Lipinski definition) is 7. The summed E-state index contributed by atoms with van der Waals surface area (Å²) in [7, 11) is 1.50. The van der Waals surface area contributed by atoms with Crippen LogP contribution in [0.3, 0.4) is 0 Å². The number of aldehydes is 1. The molecule has 2 unspecified atom stereocenters. The molecule has 55 heavy (non-hydrogen) atoms. The average Bonchev–Trinajstić information content (AvgIpc) is 3.23. The van der Waals surface area contributed by atoms with Gasteiger partial charge in [0.1, 0.15) is 6.29 Å². The highest BCUT2D eigenvalue weighted by Crippen LogP contribution is 2.24. The number of benzene rings is 2. The van der Waals surface area contributed by atoms with Crippen LogP contribution in [0.25, 0.3) is 0 Å². The van der Waals surface area contributed by atoms with Gasteiger partial charge in [0.25, 0.3) is 0 Å². The van der Waals surface area contributed by atoms with E-state index in [-0.39, 0.29) is 12.5 Å². The zero-order chi connectivity index (χ0) is 42.1. The van der Waals surface area contributed by atoms with E-state index in [9.17, 15) is 4.79 Å². The summed E-state index contributed by atoms with van der Waals surface area (Å²) in [4.78, 5) is 22.3. The van der Waals surface area contributed by atoms with Crippen LogP contribution >= 0.6 is 0 Å². The van der Waals surface area contributed by atoms with Crippen LogP contribution < -0.4 is 27.8 Å². The second kappa shape index (κ2) is 40.9. The minimum atomic E-state index is 0.194. The lowest BCUT2D eigenvalue weighted by Gasteiger charge is -2.23. The molecule has 310 valence electrons. The van der Waals surface area contributed by atoms with Gasteiger partial charge in [0.05, 0.1) is 6.04 Å². The Labute approximate surface area is 337 Å². The Morgan fingerprint density at radius 2 is 1.20 bits per heavy atom. The number of primary amides is 1. The summed E-state index contributed by atoms with van der Waals surface area (Å²) in [6.45, 7) is 19.9. The first-order valence-corrected chi connectivity index (χ1v) is 20.5. The summed E-state index contributed by atoms with van der Waals surface area (Å²) in [5.41, 5.74) is 21.9. The monoisotopic (exact) mass is 761 g/mol. The normalized spacial score (nSPS) is 11.4. The van der Waals surface area contributed by atoms with Gasteiger partial charge >= 0.3 is 0 Å². The maximum Gasteiger partial charge on any atom is 0.204 e. The van der Waals surface area contributed by atoms with Crippen LogP contribution in [-0.2, 0) is 16.0 Å². The number of aryl methyl sites for hydroxylation is 2. The molecule has 0 fully saturated rings.